The van der Waals surface area contributed by atoms with Crippen molar-refractivity contribution in [1.82, 2.24) is 0 Å². The Morgan fingerprint density at radius 3 is 2.62 bits per heavy atom. The third-order valence-electron chi connectivity index (χ3n) is 1.27. The Morgan fingerprint density at radius 1 is 1.31 bits per heavy atom. The van der Waals surface area contributed by atoms with Crippen LogP contribution in [0.4, 0.5) is 0 Å². The predicted octanol–water partition coefficient (Wildman–Crippen LogP) is 1.10. The molecule has 0 radical (unpaired) electrons. The average molecular weight is 186 g/mol. The van der Waals surface area contributed by atoms with E-state index in [1.807, 2.05) is 0 Å². The Labute approximate surface area is 72.7 Å². The first-order valence-electron chi connectivity index (χ1n) is 3.23. The molecular formula is C7H6O6. The van der Waals surface area contributed by atoms with Gasteiger partial charge in [-0.05, 0) is 17.2 Å². The minimum atomic E-state index is -1.17. The van der Waals surface area contributed by atoms with Gasteiger partial charge in [-0.3, -0.25) is 0 Å². The number of rotatable bonds is 4. The van der Waals surface area contributed by atoms with E-state index in [0.29, 0.717) is 0 Å². The molecule has 1 rings (SSSR count). The molecular weight excluding hydrogens is 180 g/mol. The maximum absolute atomic E-state index is 10.5. The summed E-state index contributed by atoms with van der Waals surface area (Å²) >= 11 is 0. The van der Waals surface area contributed by atoms with Crippen molar-refractivity contribution >= 4 is 5.97 Å². The van der Waals surface area contributed by atoms with Crippen molar-refractivity contribution in [2.75, 3.05) is 0 Å². The van der Waals surface area contributed by atoms with E-state index in [1.54, 1.807) is 6.07 Å². The van der Waals surface area contributed by atoms with Gasteiger partial charge < -0.3 is 9.99 Å². The van der Waals surface area contributed by atoms with Gasteiger partial charge in [0.2, 0.25) is 0 Å². The zero-order chi connectivity index (χ0) is 9.68. The zero-order valence-electron chi connectivity index (χ0n) is 6.34. The molecule has 1 aromatic rings. The van der Waals surface area contributed by atoms with Crippen molar-refractivity contribution in [2.45, 2.75) is 0 Å². The van der Waals surface area contributed by atoms with Crippen LogP contribution in [0.1, 0.15) is 10.4 Å². The van der Waals surface area contributed by atoms with Crippen LogP contribution in [-0.4, -0.2) is 16.3 Å². The number of carboxylic acids is 1. The van der Waals surface area contributed by atoms with Crippen molar-refractivity contribution in [2.24, 2.45) is 0 Å². The first-order chi connectivity index (χ1) is 6.25. The molecule has 0 aliphatic heterocycles. The number of aromatic carboxylic acids is 1. The molecule has 0 aliphatic carbocycles. The standard InChI is InChI=1S/C7H6O6/c8-7(9)5-3-1-2-4-6(5)11-13-12-10/h1-4,10H,(H,8,9). The third-order valence-corrected chi connectivity index (χ3v) is 1.27. The predicted molar refractivity (Wildman–Crippen MR) is 38.8 cm³/mol. The van der Waals surface area contributed by atoms with Gasteiger partial charge in [-0.2, -0.15) is 0 Å². The second-order valence-corrected chi connectivity index (χ2v) is 2.03. The summed E-state index contributed by atoms with van der Waals surface area (Å²) in [7, 11) is 0. The van der Waals surface area contributed by atoms with Gasteiger partial charge in [0.1, 0.15) is 5.56 Å². The first kappa shape index (κ1) is 9.46. The fourth-order valence-electron chi connectivity index (χ4n) is 0.768. The fraction of sp³-hybridized carbons (Fsp3) is 0. The van der Waals surface area contributed by atoms with Crippen LogP contribution in [0.25, 0.3) is 0 Å². The van der Waals surface area contributed by atoms with Crippen LogP contribution in [0.3, 0.4) is 0 Å². The molecule has 6 heteroatoms. The second kappa shape index (κ2) is 4.41. The summed E-state index contributed by atoms with van der Waals surface area (Å²) in [5, 5.41) is 23.3. The molecule has 13 heavy (non-hydrogen) atoms. The van der Waals surface area contributed by atoms with Gasteiger partial charge in [0.25, 0.3) is 0 Å². The fourth-order valence-corrected chi connectivity index (χ4v) is 0.768. The van der Waals surface area contributed by atoms with Gasteiger partial charge in [0.05, 0.1) is 0 Å². The Bertz CT molecular complexity index is 297. The molecule has 0 aromatic heterocycles. The quantitative estimate of drug-likeness (QED) is 0.541. The van der Waals surface area contributed by atoms with Gasteiger partial charge in [-0.25, -0.2) is 10.1 Å². The molecule has 0 heterocycles. The van der Waals surface area contributed by atoms with E-state index in [-0.39, 0.29) is 11.3 Å². The molecule has 0 spiro atoms. The number of carbonyl (C=O) groups is 1. The monoisotopic (exact) mass is 186 g/mol. The molecule has 0 unspecified atom stereocenters. The van der Waals surface area contributed by atoms with Crippen LogP contribution in [-0.2, 0) is 10.1 Å². The number of benzene rings is 1. The summed E-state index contributed by atoms with van der Waals surface area (Å²) in [6.45, 7) is 0. The largest absolute Gasteiger partial charge is 0.478 e. The highest BCUT2D eigenvalue weighted by molar-refractivity contribution is 5.90. The number of hydrogen-bond acceptors (Lipinski definition) is 5. The summed E-state index contributed by atoms with van der Waals surface area (Å²) in [6, 6.07) is 5.74. The van der Waals surface area contributed by atoms with Crippen LogP contribution in [0, 0.1) is 0 Å². The molecule has 1 aromatic carbocycles. The van der Waals surface area contributed by atoms with Gasteiger partial charge in [0.15, 0.2) is 5.75 Å². The van der Waals surface area contributed by atoms with E-state index in [4.69, 9.17) is 10.4 Å². The molecule has 70 valence electrons. The lowest BCUT2D eigenvalue weighted by atomic mass is 10.2. The van der Waals surface area contributed by atoms with E-state index >= 15 is 0 Å². The summed E-state index contributed by atoms with van der Waals surface area (Å²) in [5.74, 6) is -1.24. The van der Waals surface area contributed by atoms with E-state index in [9.17, 15) is 4.79 Å². The Kier molecular flexibility index (Phi) is 3.21. The lowest BCUT2D eigenvalue weighted by Crippen LogP contribution is -2.03. The van der Waals surface area contributed by atoms with Crippen LogP contribution >= 0.6 is 0 Å². The molecule has 0 aliphatic rings. The minimum absolute atomic E-state index is 0.0657. The van der Waals surface area contributed by atoms with E-state index in [0.717, 1.165) is 0 Å². The van der Waals surface area contributed by atoms with E-state index in [1.165, 1.54) is 18.2 Å². The molecule has 0 saturated heterocycles. The summed E-state index contributed by atoms with van der Waals surface area (Å²) in [4.78, 5) is 14.8. The molecule has 0 saturated carbocycles. The zero-order valence-corrected chi connectivity index (χ0v) is 6.34. The minimum Gasteiger partial charge on any atom is -0.478 e. The normalized spacial score (nSPS) is 9.62. The lowest BCUT2D eigenvalue weighted by molar-refractivity contribution is -0.594. The maximum Gasteiger partial charge on any atom is 0.339 e. The van der Waals surface area contributed by atoms with E-state index in [2.05, 4.69) is 15.0 Å². The topological polar surface area (TPSA) is 85.2 Å². The average Bonchev–Trinajstić information content (AvgIpc) is 2.15. The molecule has 2 N–H and O–H groups in total. The van der Waals surface area contributed by atoms with Crippen LogP contribution in [0.2, 0.25) is 0 Å². The second-order valence-electron chi connectivity index (χ2n) is 2.03. The van der Waals surface area contributed by atoms with Gasteiger partial charge in [-0.1, -0.05) is 12.1 Å². The van der Waals surface area contributed by atoms with Crippen LogP contribution in [0.5, 0.6) is 5.75 Å². The van der Waals surface area contributed by atoms with E-state index < -0.39 is 5.97 Å². The molecule has 6 nitrogen and oxygen atoms in total. The molecule has 0 fully saturated rings. The maximum atomic E-state index is 10.5. The van der Waals surface area contributed by atoms with Gasteiger partial charge in [-0.15, -0.1) is 0 Å². The highest BCUT2D eigenvalue weighted by Crippen LogP contribution is 2.17. The summed E-state index contributed by atoms with van der Waals surface area (Å²) < 4.78 is 0. The SMILES string of the molecule is O=C(O)c1ccccc1OOOO. The molecule has 0 bridgehead atoms. The Hall–Kier alpha value is -1.63. The number of hydrogen-bond donors (Lipinski definition) is 2. The van der Waals surface area contributed by atoms with Gasteiger partial charge >= 0.3 is 5.97 Å². The number of para-hydroxylation sites is 1. The van der Waals surface area contributed by atoms with Crippen molar-refractivity contribution in [1.29, 1.82) is 0 Å². The van der Waals surface area contributed by atoms with Crippen LogP contribution < -0.4 is 4.89 Å². The van der Waals surface area contributed by atoms with Crippen molar-refractivity contribution in [3.63, 3.8) is 0 Å². The van der Waals surface area contributed by atoms with Crippen molar-refractivity contribution < 1.29 is 30.1 Å². The highest BCUT2D eigenvalue weighted by atomic mass is 17.6. The van der Waals surface area contributed by atoms with Gasteiger partial charge in [0, 0.05) is 5.04 Å². The Balaban J connectivity index is 2.84. The molecule has 0 amide bonds. The smallest absolute Gasteiger partial charge is 0.339 e. The molecule has 0 atom stereocenters. The van der Waals surface area contributed by atoms with Crippen molar-refractivity contribution in [3.05, 3.63) is 29.8 Å². The summed E-state index contributed by atoms with van der Waals surface area (Å²) in [6.07, 6.45) is 0. The highest BCUT2D eigenvalue weighted by Gasteiger charge is 2.10. The third kappa shape index (κ3) is 2.41. The van der Waals surface area contributed by atoms with Crippen LogP contribution in [0.15, 0.2) is 24.3 Å². The Morgan fingerprint density at radius 2 is 2.00 bits per heavy atom. The van der Waals surface area contributed by atoms with Crippen molar-refractivity contribution in [3.8, 4) is 5.75 Å². The first-order valence-corrected chi connectivity index (χ1v) is 3.23. The lowest BCUT2D eigenvalue weighted by Gasteiger charge is -2.02. The summed E-state index contributed by atoms with van der Waals surface area (Å²) in [5.41, 5.74) is -0.0976. The number of carboxylic acid groups (broad SMARTS) is 1.